The molecule has 4 saturated heterocycles. The topological polar surface area (TPSA) is 170 Å². The molecule has 0 aromatic carbocycles. The lowest BCUT2D eigenvalue weighted by Crippen LogP contribution is -2.69. The lowest BCUT2D eigenvalue weighted by atomic mass is 9.51. The highest BCUT2D eigenvalue weighted by molar-refractivity contribution is 8.77. The van der Waals surface area contributed by atoms with Crippen LogP contribution in [-0.4, -0.2) is 135 Å². The van der Waals surface area contributed by atoms with Crippen LogP contribution < -0.4 is 0 Å². The largest absolute Gasteiger partial charge is 0.463 e. The maximum atomic E-state index is 13.4. The average Bonchev–Trinajstić information content (AvgIpc) is 4.12. The second-order valence-electron chi connectivity index (χ2n) is 16.6. The van der Waals surface area contributed by atoms with Gasteiger partial charge in [-0.05, 0) is 50.0 Å². The van der Waals surface area contributed by atoms with Crippen LogP contribution in [0.25, 0.3) is 0 Å². The molecule has 0 amide bonds. The number of ether oxygens (including phenoxy) is 10. The summed E-state index contributed by atoms with van der Waals surface area (Å²) in [4.78, 5) is 50.2. The molecule has 16 heteroatoms. The fourth-order valence-electron chi connectivity index (χ4n) is 10.7. The average molecular weight is 825 g/mol. The molecule has 0 radical (unpaired) electrons. The summed E-state index contributed by atoms with van der Waals surface area (Å²) in [5.74, 6) is -0.108. The molecule has 0 aromatic heterocycles. The Morgan fingerprint density at radius 1 is 0.875 bits per heavy atom. The van der Waals surface area contributed by atoms with Crippen molar-refractivity contribution >= 4 is 45.5 Å². The maximum Gasteiger partial charge on any atom is 0.334 e. The summed E-state index contributed by atoms with van der Waals surface area (Å²) in [6.07, 6.45) is 5.46. The lowest BCUT2D eigenvalue weighted by Gasteiger charge is -2.47. The van der Waals surface area contributed by atoms with Gasteiger partial charge in [0.2, 0.25) is 0 Å². The van der Waals surface area contributed by atoms with E-state index in [0.717, 1.165) is 29.2 Å². The molecule has 8 aliphatic rings. The third kappa shape index (κ3) is 7.13. The van der Waals surface area contributed by atoms with E-state index in [1.165, 1.54) is 18.6 Å². The molecule has 56 heavy (non-hydrogen) atoms. The number of unbranched alkanes of at least 4 members (excludes halogenated alkanes) is 1. The van der Waals surface area contributed by atoms with Crippen molar-refractivity contribution in [1.82, 2.24) is 0 Å². The quantitative estimate of drug-likeness (QED) is 0.0498. The smallest absolute Gasteiger partial charge is 0.334 e. The van der Waals surface area contributed by atoms with Crippen LogP contribution in [0.15, 0.2) is 11.1 Å². The summed E-state index contributed by atoms with van der Waals surface area (Å²) in [5, 5.41) is 0.739. The van der Waals surface area contributed by atoms with Crippen LogP contribution in [0.4, 0.5) is 0 Å². The first kappa shape index (κ1) is 40.8. The lowest BCUT2D eigenvalue weighted by molar-refractivity contribution is -0.168. The van der Waals surface area contributed by atoms with Crippen LogP contribution in [0, 0.1) is 17.8 Å². The molecule has 5 heterocycles. The molecule has 312 valence electrons. The van der Waals surface area contributed by atoms with Crippen LogP contribution in [0.1, 0.15) is 85.0 Å². The summed E-state index contributed by atoms with van der Waals surface area (Å²) in [6, 6.07) is 0. The van der Waals surface area contributed by atoms with Gasteiger partial charge in [-0.3, -0.25) is 14.4 Å². The first-order valence-electron chi connectivity index (χ1n) is 20.6. The molecular formula is C40H56O14S2. The number of carbonyl (C=O) groups excluding carboxylic acids is 4. The summed E-state index contributed by atoms with van der Waals surface area (Å²) in [5.41, 5.74) is -0.905. The number of esters is 4. The van der Waals surface area contributed by atoms with Gasteiger partial charge in [0.05, 0.1) is 64.7 Å². The van der Waals surface area contributed by atoms with Gasteiger partial charge in [-0.25, -0.2) is 4.79 Å². The molecule has 3 spiro atoms. The Bertz CT molecular complexity index is 1550. The zero-order valence-corrected chi connectivity index (χ0v) is 34.3. The van der Waals surface area contributed by atoms with E-state index in [9.17, 15) is 19.2 Å². The van der Waals surface area contributed by atoms with Crippen molar-refractivity contribution in [2.75, 3.05) is 65.2 Å². The van der Waals surface area contributed by atoms with Crippen molar-refractivity contribution in [1.29, 1.82) is 0 Å². The van der Waals surface area contributed by atoms with Crippen molar-refractivity contribution in [2.45, 2.75) is 131 Å². The Kier molecular flexibility index (Phi) is 12.1. The Morgan fingerprint density at radius 2 is 1.55 bits per heavy atom. The number of rotatable bonds is 22. The minimum absolute atomic E-state index is 0.00368. The Morgan fingerprint density at radius 3 is 2.23 bits per heavy atom. The molecule has 8 rings (SSSR count). The zero-order valence-electron chi connectivity index (χ0n) is 32.7. The second-order valence-corrected chi connectivity index (χ2v) is 19.3. The van der Waals surface area contributed by atoms with Crippen LogP contribution in [0.5, 0.6) is 0 Å². The number of cyclic esters (lactones) is 1. The van der Waals surface area contributed by atoms with Crippen LogP contribution in [0.2, 0.25) is 0 Å². The third-order valence-electron chi connectivity index (χ3n) is 13.3. The van der Waals surface area contributed by atoms with Gasteiger partial charge in [0, 0.05) is 34.8 Å². The summed E-state index contributed by atoms with van der Waals surface area (Å²) in [7, 11) is 3.91. The Balaban J connectivity index is 0.689. The van der Waals surface area contributed by atoms with Gasteiger partial charge in [0.25, 0.3) is 0 Å². The van der Waals surface area contributed by atoms with E-state index >= 15 is 0 Å². The molecule has 10 atom stereocenters. The van der Waals surface area contributed by atoms with Crippen LogP contribution in [0.3, 0.4) is 0 Å². The van der Waals surface area contributed by atoms with Crippen molar-refractivity contribution in [3.05, 3.63) is 11.1 Å². The number of hydrogen-bond acceptors (Lipinski definition) is 16. The van der Waals surface area contributed by atoms with Gasteiger partial charge in [-0.2, -0.15) is 0 Å². The van der Waals surface area contributed by atoms with E-state index in [0.29, 0.717) is 65.3 Å². The standard InChI is InChI=1S/C40H56O14S2/c1-24(2)38-34(53-38)25(3)40-37(54-40)12-10-27-28(23-50-35(27)44)29(37)22-30-39(40,52-30)36(38)51-33(43)9-8-32(42)49-20-18-47-16-14-45-13-15-46-17-19-48-31(41)7-5-4-6-26-11-21-55-56-26/h24-26,29-30,34,36H,4-23H2,1-3H3/t25-,26?,29-,30-,34-,36+,37+,38-,39+,40+/m0/s1. The van der Waals surface area contributed by atoms with Crippen molar-refractivity contribution in [3.63, 3.8) is 0 Å². The monoisotopic (exact) mass is 824 g/mol. The van der Waals surface area contributed by atoms with E-state index in [-0.39, 0.29) is 74.6 Å². The predicted octanol–water partition coefficient (Wildman–Crippen LogP) is 4.28. The highest BCUT2D eigenvalue weighted by Crippen LogP contribution is 2.84. The summed E-state index contributed by atoms with van der Waals surface area (Å²) < 4.78 is 58.8. The van der Waals surface area contributed by atoms with E-state index in [4.69, 9.17) is 47.4 Å². The van der Waals surface area contributed by atoms with E-state index in [1.54, 1.807) is 0 Å². The van der Waals surface area contributed by atoms with E-state index in [1.807, 2.05) is 21.6 Å². The molecule has 2 saturated carbocycles. The van der Waals surface area contributed by atoms with Crippen molar-refractivity contribution < 1.29 is 66.5 Å². The summed E-state index contributed by atoms with van der Waals surface area (Å²) in [6.45, 7) is 8.87. The molecule has 3 aliphatic carbocycles. The number of carbonyl (C=O) groups is 4. The fraction of sp³-hybridized carbons (Fsp3) is 0.850. The Labute approximate surface area is 336 Å². The highest BCUT2D eigenvalue weighted by Gasteiger charge is 3.01. The maximum absolute atomic E-state index is 13.4. The third-order valence-corrected chi connectivity index (χ3v) is 16.4. The van der Waals surface area contributed by atoms with Crippen LogP contribution >= 0.6 is 21.6 Å². The SMILES string of the molecule is CC(C)[C@]12O[C@H]1[C@H](C)[C@@]13O[C@@]14CCC1=C(COC1=O)[C@@H]4C[C@@H]1O[C@@]13[C@@H]2OC(=O)CCC(=O)OCCOCCOCCOCCOC(=O)CCCCC1CCSS1. The molecule has 0 bridgehead atoms. The van der Waals surface area contributed by atoms with Gasteiger partial charge in [-0.15, -0.1) is 0 Å². The normalized spacial score (nSPS) is 38.0. The first-order valence-corrected chi connectivity index (χ1v) is 23.0. The zero-order chi connectivity index (χ0) is 39.1. The predicted molar refractivity (Wildman–Crippen MR) is 201 cm³/mol. The van der Waals surface area contributed by atoms with Gasteiger partial charge in [-0.1, -0.05) is 48.8 Å². The van der Waals surface area contributed by atoms with Gasteiger partial charge in [0.15, 0.2) is 11.7 Å². The minimum atomic E-state index is -0.839. The molecule has 14 nitrogen and oxygen atoms in total. The molecule has 0 aromatic rings. The van der Waals surface area contributed by atoms with Gasteiger partial charge >= 0.3 is 23.9 Å². The number of hydrogen-bond donors (Lipinski definition) is 0. The van der Waals surface area contributed by atoms with Crippen LogP contribution in [-0.2, 0) is 66.5 Å². The summed E-state index contributed by atoms with van der Waals surface area (Å²) >= 11 is 0. The molecule has 0 N–H and O–H groups in total. The van der Waals surface area contributed by atoms with Crippen molar-refractivity contribution in [2.24, 2.45) is 17.8 Å². The van der Waals surface area contributed by atoms with E-state index < -0.39 is 40.4 Å². The van der Waals surface area contributed by atoms with E-state index in [2.05, 4.69) is 20.8 Å². The second kappa shape index (κ2) is 16.6. The molecule has 6 fully saturated rings. The fourth-order valence-corrected chi connectivity index (χ4v) is 13.7. The molecule has 5 aliphatic heterocycles. The van der Waals surface area contributed by atoms with Gasteiger partial charge in [0.1, 0.15) is 36.6 Å². The first-order chi connectivity index (χ1) is 27.1. The molecular weight excluding hydrogens is 769 g/mol. The number of fused-ring (bicyclic) bond motifs is 2. The highest BCUT2D eigenvalue weighted by atomic mass is 33.1. The van der Waals surface area contributed by atoms with Gasteiger partial charge < -0.3 is 47.4 Å². The number of epoxide rings is 3. The Hall–Kier alpha value is -1.92. The molecule has 1 unspecified atom stereocenters. The van der Waals surface area contributed by atoms with Crippen molar-refractivity contribution in [3.8, 4) is 0 Å². The minimum Gasteiger partial charge on any atom is -0.463 e.